The van der Waals surface area contributed by atoms with Crippen LogP contribution in [-0.2, 0) is 30.2 Å². The molecule has 0 spiro atoms. The summed E-state index contributed by atoms with van der Waals surface area (Å²) in [4.78, 5) is 40.1. The van der Waals surface area contributed by atoms with Crippen LogP contribution < -0.4 is 10.1 Å². The van der Waals surface area contributed by atoms with Gasteiger partial charge in [0.15, 0.2) is 0 Å². The normalized spacial score (nSPS) is 18.9. The molecule has 0 radical (unpaired) electrons. The highest BCUT2D eigenvalue weighted by Crippen LogP contribution is 2.42. The average molecular weight is 519 g/mol. The molecule has 0 bridgehead atoms. The van der Waals surface area contributed by atoms with Gasteiger partial charge in [-0.1, -0.05) is 6.07 Å². The zero-order valence-corrected chi connectivity index (χ0v) is 22.8. The molecule has 2 amide bonds. The smallest absolute Gasteiger partial charge is 0.410 e. The van der Waals surface area contributed by atoms with Crippen LogP contribution in [0.15, 0.2) is 18.2 Å². The molecule has 9 heteroatoms. The molecule has 1 N–H and O–H groups in total. The summed E-state index contributed by atoms with van der Waals surface area (Å²) < 4.78 is 21.7. The van der Waals surface area contributed by atoms with Crippen LogP contribution in [0, 0.1) is 11.8 Å². The van der Waals surface area contributed by atoms with Crippen molar-refractivity contribution in [1.82, 2.24) is 10.2 Å². The third-order valence-electron chi connectivity index (χ3n) is 6.50. The van der Waals surface area contributed by atoms with Gasteiger partial charge in [0, 0.05) is 40.3 Å². The second-order valence-corrected chi connectivity index (χ2v) is 10.9. The van der Waals surface area contributed by atoms with Gasteiger partial charge in [-0.2, -0.15) is 0 Å². The SMILES string of the molecule is COCCCc1cc(OCCOC)cc(C(NC(=O)C2CN(C(=O)OC(C)(C)C)CCC2=O)C2CC2)c1. The second kappa shape index (κ2) is 13.2. The molecule has 3 rings (SSSR count). The molecule has 2 aliphatic rings. The molecule has 206 valence electrons. The van der Waals surface area contributed by atoms with E-state index in [-0.39, 0.29) is 37.2 Å². The number of aryl methyl sites for hydroxylation is 1. The predicted octanol–water partition coefficient (Wildman–Crippen LogP) is 3.68. The number of nitrogens with one attached hydrogen (secondary N) is 1. The van der Waals surface area contributed by atoms with Crippen LogP contribution in [0.3, 0.4) is 0 Å². The lowest BCUT2D eigenvalue weighted by molar-refractivity contribution is -0.137. The summed E-state index contributed by atoms with van der Waals surface area (Å²) in [6.45, 7) is 7.22. The summed E-state index contributed by atoms with van der Waals surface area (Å²) in [5.41, 5.74) is 1.42. The maximum atomic E-state index is 13.4. The lowest BCUT2D eigenvalue weighted by atomic mass is 9.93. The fourth-order valence-electron chi connectivity index (χ4n) is 4.47. The third-order valence-corrected chi connectivity index (χ3v) is 6.50. The number of piperidine rings is 1. The first-order chi connectivity index (χ1) is 17.6. The van der Waals surface area contributed by atoms with E-state index in [4.69, 9.17) is 18.9 Å². The van der Waals surface area contributed by atoms with E-state index in [0.29, 0.717) is 25.7 Å². The molecule has 1 aliphatic heterocycles. The van der Waals surface area contributed by atoms with Gasteiger partial charge in [-0.3, -0.25) is 9.59 Å². The Bertz CT molecular complexity index is 911. The highest BCUT2D eigenvalue weighted by molar-refractivity contribution is 6.02. The summed E-state index contributed by atoms with van der Waals surface area (Å²) in [5.74, 6) is -0.382. The van der Waals surface area contributed by atoms with Crippen LogP contribution in [0.2, 0.25) is 0 Å². The van der Waals surface area contributed by atoms with E-state index in [1.807, 2.05) is 12.1 Å². The molecule has 1 aromatic rings. The van der Waals surface area contributed by atoms with Gasteiger partial charge in [0.2, 0.25) is 5.91 Å². The maximum absolute atomic E-state index is 13.4. The second-order valence-electron chi connectivity index (χ2n) is 10.9. The molecule has 1 heterocycles. The van der Waals surface area contributed by atoms with Crippen LogP contribution in [0.1, 0.15) is 63.6 Å². The fourth-order valence-corrected chi connectivity index (χ4v) is 4.47. The number of methoxy groups -OCH3 is 2. The molecule has 1 aliphatic carbocycles. The van der Waals surface area contributed by atoms with E-state index in [2.05, 4.69) is 11.4 Å². The van der Waals surface area contributed by atoms with E-state index >= 15 is 0 Å². The van der Waals surface area contributed by atoms with Crippen molar-refractivity contribution in [1.29, 1.82) is 0 Å². The lowest BCUT2D eigenvalue weighted by Gasteiger charge is -2.33. The maximum Gasteiger partial charge on any atom is 0.410 e. The molecule has 2 unspecified atom stereocenters. The van der Waals surface area contributed by atoms with Crippen molar-refractivity contribution in [2.24, 2.45) is 11.8 Å². The summed E-state index contributed by atoms with van der Waals surface area (Å²) in [6.07, 6.45) is 3.33. The minimum atomic E-state index is -0.912. The Morgan fingerprint density at radius 3 is 2.46 bits per heavy atom. The summed E-state index contributed by atoms with van der Waals surface area (Å²) in [5, 5.41) is 3.15. The number of carbonyl (C=O) groups is 3. The van der Waals surface area contributed by atoms with Crippen LogP contribution in [0.4, 0.5) is 4.79 Å². The number of ketones is 1. The minimum absolute atomic E-state index is 0.0272. The number of carbonyl (C=O) groups excluding carboxylic acids is 3. The number of benzene rings is 1. The Morgan fingerprint density at radius 2 is 1.81 bits per heavy atom. The monoisotopic (exact) mass is 518 g/mol. The first-order valence-corrected chi connectivity index (χ1v) is 13.2. The van der Waals surface area contributed by atoms with Gasteiger partial charge in [0.1, 0.15) is 29.7 Å². The first kappa shape index (κ1) is 28.9. The number of Topliss-reactive ketones (excluding diaryl/α,β-unsaturated/α-hetero) is 1. The van der Waals surface area contributed by atoms with E-state index in [9.17, 15) is 14.4 Å². The Balaban J connectivity index is 1.76. The van der Waals surface area contributed by atoms with Crippen LogP contribution in [0.5, 0.6) is 5.75 Å². The number of hydrogen-bond donors (Lipinski definition) is 1. The van der Waals surface area contributed by atoms with E-state index in [1.165, 1.54) is 4.90 Å². The average Bonchev–Trinajstić information content (AvgIpc) is 3.67. The molecular weight excluding hydrogens is 476 g/mol. The van der Waals surface area contributed by atoms with Crippen LogP contribution in [0.25, 0.3) is 0 Å². The fraction of sp³-hybridized carbons (Fsp3) is 0.679. The standard InChI is InChI=1S/C28H42N2O7/c1-28(2,3)37-27(33)30-11-10-24(31)23(18-30)26(32)29-25(20-8-9-20)21-15-19(7-6-12-34-4)16-22(17-21)36-14-13-35-5/h15-17,20,23,25H,6-14,18H2,1-5H3,(H,29,32). The Kier molecular flexibility index (Phi) is 10.3. The highest BCUT2D eigenvalue weighted by Gasteiger charge is 2.40. The van der Waals surface area contributed by atoms with Gasteiger partial charge in [0.05, 0.1) is 12.6 Å². The molecule has 2 fully saturated rings. The Morgan fingerprint density at radius 1 is 1.08 bits per heavy atom. The molecule has 1 saturated carbocycles. The van der Waals surface area contributed by atoms with E-state index < -0.39 is 17.6 Å². The number of nitrogens with zero attached hydrogens (tertiary/aromatic N) is 1. The summed E-state index contributed by atoms with van der Waals surface area (Å²) in [6, 6.07) is 5.86. The minimum Gasteiger partial charge on any atom is -0.491 e. The number of rotatable bonds is 12. The van der Waals surface area contributed by atoms with Crippen molar-refractivity contribution in [2.75, 3.05) is 47.1 Å². The van der Waals surface area contributed by atoms with Gasteiger partial charge in [0.25, 0.3) is 0 Å². The molecule has 1 saturated heterocycles. The zero-order valence-electron chi connectivity index (χ0n) is 22.8. The number of hydrogen-bond acceptors (Lipinski definition) is 7. The summed E-state index contributed by atoms with van der Waals surface area (Å²) in [7, 11) is 3.32. The number of ether oxygens (including phenoxy) is 4. The van der Waals surface area contributed by atoms with Crippen molar-refractivity contribution in [2.45, 2.75) is 64.5 Å². The van der Waals surface area contributed by atoms with Crippen molar-refractivity contribution in [3.05, 3.63) is 29.3 Å². The Labute approximate surface area is 220 Å². The highest BCUT2D eigenvalue weighted by atomic mass is 16.6. The first-order valence-electron chi connectivity index (χ1n) is 13.2. The molecule has 0 aromatic heterocycles. The molecule has 1 aromatic carbocycles. The predicted molar refractivity (Wildman–Crippen MR) is 139 cm³/mol. The zero-order chi connectivity index (χ0) is 27.0. The number of amides is 2. The van der Waals surface area contributed by atoms with Crippen molar-refractivity contribution >= 4 is 17.8 Å². The topological polar surface area (TPSA) is 103 Å². The number of likely N-dealkylation sites (tertiary alicyclic amines) is 1. The molecule has 37 heavy (non-hydrogen) atoms. The van der Waals surface area contributed by atoms with Gasteiger partial charge in [-0.15, -0.1) is 0 Å². The summed E-state index contributed by atoms with van der Waals surface area (Å²) >= 11 is 0. The largest absolute Gasteiger partial charge is 0.491 e. The van der Waals surface area contributed by atoms with Crippen LogP contribution >= 0.6 is 0 Å². The van der Waals surface area contributed by atoms with Crippen LogP contribution in [-0.4, -0.2) is 75.4 Å². The lowest BCUT2D eigenvalue weighted by Crippen LogP contribution is -2.51. The van der Waals surface area contributed by atoms with Gasteiger partial charge in [-0.05, 0) is 75.6 Å². The third kappa shape index (κ3) is 9.00. The van der Waals surface area contributed by atoms with Gasteiger partial charge < -0.3 is 29.2 Å². The molecule has 9 nitrogen and oxygen atoms in total. The Hall–Kier alpha value is -2.65. The van der Waals surface area contributed by atoms with Crippen molar-refractivity contribution in [3.63, 3.8) is 0 Å². The van der Waals surface area contributed by atoms with Gasteiger partial charge >= 0.3 is 6.09 Å². The van der Waals surface area contributed by atoms with Crippen molar-refractivity contribution in [3.8, 4) is 5.75 Å². The quantitative estimate of drug-likeness (QED) is 0.333. The van der Waals surface area contributed by atoms with Gasteiger partial charge in [-0.25, -0.2) is 4.79 Å². The van der Waals surface area contributed by atoms with Crippen molar-refractivity contribution < 1.29 is 33.3 Å². The molecule has 2 atom stereocenters. The molecular formula is C28H42N2O7. The van der Waals surface area contributed by atoms with E-state index in [0.717, 1.165) is 42.6 Å². The van der Waals surface area contributed by atoms with E-state index in [1.54, 1.807) is 35.0 Å².